The Morgan fingerprint density at radius 3 is 2.88 bits per heavy atom. The van der Waals surface area contributed by atoms with Gasteiger partial charge in [0.1, 0.15) is 6.10 Å². The van der Waals surface area contributed by atoms with Gasteiger partial charge in [-0.15, -0.1) is 11.3 Å². The van der Waals surface area contributed by atoms with E-state index in [9.17, 15) is 0 Å². The van der Waals surface area contributed by atoms with E-state index in [-0.39, 0.29) is 6.10 Å². The molecule has 0 spiro atoms. The largest absolute Gasteiger partial charge is 0.369 e. The quantitative estimate of drug-likeness (QED) is 0.448. The molecule has 6 nitrogen and oxygen atoms in total. The number of fused-ring (bicyclic) bond motifs is 1. The van der Waals surface area contributed by atoms with E-state index in [4.69, 9.17) is 9.72 Å². The summed E-state index contributed by atoms with van der Waals surface area (Å²) < 4.78 is 6.15. The number of pyridine rings is 2. The van der Waals surface area contributed by atoms with Gasteiger partial charge >= 0.3 is 0 Å². The summed E-state index contributed by atoms with van der Waals surface area (Å²) in [6.07, 6.45) is 1.79. The fourth-order valence-electron chi connectivity index (χ4n) is 4.15. The Balaban J connectivity index is 1.34. The molecule has 0 unspecified atom stereocenters. The Hall–Kier alpha value is -2.87. The molecule has 164 valence electrons. The van der Waals surface area contributed by atoms with E-state index in [1.807, 2.05) is 26.1 Å². The summed E-state index contributed by atoms with van der Waals surface area (Å²) in [5, 5.41) is 5.57. The van der Waals surface area contributed by atoms with Crippen molar-refractivity contribution in [2.75, 3.05) is 25.0 Å². The standard InChI is InChI=1S/C25H27N5OS/c1-16-12-20(29-25-28-17(2)18(3)32-25)13-23(27-16)24-15-30(10-11-31-24)14-19-6-4-8-22-21(19)7-5-9-26-22/h4-9,12-13,24H,10-11,14-15H2,1-3H3,(H,27,28,29)/t24-/m0/s1. The van der Waals surface area contributed by atoms with Gasteiger partial charge in [0.05, 0.1) is 23.5 Å². The molecule has 0 amide bonds. The van der Waals surface area contributed by atoms with Gasteiger partial charge in [0, 0.05) is 47.5 Å². The van der Waals surface area contributed by atoms with Crippen molar-refractivity contribution in [1.29, 1.82) is 0 Å². The van der Waals surface area contributed by atoms with Crippen molar-refractivity contribution < 1.29 is 4.74 Å². The van der Waals surface area contributed by atoms with Crippen LogP contribution in [-0.2, 0) is 11.3 Å². The number of aromatic nitrogens is 3. The maximum absolute atomic E-state index is 6.15. The molecule has 1 atom stereocenters. The second-order valence-electron chi connectivity index (χ2n) is 8.29. The van der Waals surface area contributed by atoms with Gasteiger partial charge in [-0.2, -0.15) is 0 Å². The minimum atomic E-state index is -0.0583. The average Bonchev–Trinajstić information content (AvgIpc) is 3.10. The average molecular weight is 446 g/mol. The normalized spacial score (nSPS) is 17.0. The molecule has 1 aliphatic rings. The minimum Gasteiger partial charge on any atom is -0.369 e. The van der Waals surface area contributed by atoms with Crippen molar-refractivity contribution in [3.63, 3.8) is 0 Å². The molecule has 1 aliphatic heterocycles. The third-order valence-corrected chi connectivity index (χ3v) is 6.85. The van der Waals surface area contributed by atoms with Gasteiger partial charge in [0.15, 0.2) is 5.13 Å². The number of ether oxygens (including phenoxy) is 1. The fourth-order valence-corrected chi connectivity index (χ4v) is 4.99. The van der Waals surface area contributed by atoms with E-state index in [1.165, 1.54) is 15.8 Å². The lowest BCUT2D eigenvalue weighted by Crippen LogP contribution is -2.38. The van der Waals surface area contributed by atoms with Crippen molar-refractivity contribution in [2.24, 2.45) is 0 Å². The van der Waals surface area contributed by atoms with Crippen LogP contribution in [0.2, 0.25) is 0 Å². The summed E-state index contributed by atoms with van der Waals surface area (Å²) in [6.45, 7) is 9.43. The number of benzene rings is 1. The summed E-state index contributed by atoms with van der Waals surface area (Å²) in [4.78, 5) is 17.6. The van der Waals surface area contributed by atoms with Gasteiger partial charge < -0.3 is 10.1 Å². The van der Waals surface area contributed by atoms with Crippen LogP contribution >= 0.6 is 11.3 Å². The monoisotopic (exact) mass is 445 g/mol. The Bertz CT molecular complexity index is 1230. The van der Waals surface area contributed by atoms with Gasteiger partial charge in [-0.1, -0.05) is 18.2 Å². The molecule has 4 aromatic rings. The van der Waals surface area contributed by atoms with Crippen molar-refractivity contribution in [1.82, 2.24) is 19.9 Å². The van der Waals surface area contributed by atoms with Crippen LogP contribution in [0.25, 0.3) is 10.9 Å². The highest BCUT2D eigenvalue weighted by Gasteiger charge is 2.24. The van der Waals surface area contributed by atoms with Gasteiger partial charge in [-0.25, -0.2) is 4.98 Å². The molecule has 5 rings (SSSR count). The predicted octanol–water partition coefficient (Wildman–Crippen LogP) is 5.33. The van der Waals surface area contributed by atoms with Crippen LogP contribution in [0.5, 0.6) is 0 Å². The zero-order chi connectivity index (χ0) is 22.1. The number of morpholine rings is 1. The molecule has 1 N–H and O–H groups in total. The molecule has 1 saturated heterocycles. The number of hydrogen-bond donors (Lipinski definition) is 1. The second-order valence-corrected chi connectivity index (χ2v) is 9.49. The first-order chi connectivity index (χ1) is 15.5. The van der Waals surface area contributed by atoms with Crippen LogP contribution in [0.15, 0.2) is 48.7 Å². The van der Waals surface area contributed by atoms with Crippen molar-refractivity contribution in [2.45, 2.75) is 33.4 Å². The molecular formula is C25H27N5OS. The summed E-state index contributed by atoms with van der Waals surface area (Å²) >= 11 is 1.67. The highest BCUT2D eigenvalue weighted by molar-refractivity contribution is 7.15. The fraction of sp³-hybridized carbons (Fsp3) is 0.320. The predicted molar refractivity (Wildman–Crippen MR) is 130 cm³/mol. The van der Waals surface area contributed by atoms with Crippen LogP contribution in [0.1, 0.15) is 33.6 Å². The van der Waals surface area contributed by atoms with E-state index in [1.54, 1.807) is 11.3 Å². The van der Waals surface area contributed by atoms with E-state index >= 15 is 0 Å². The number of hydrogen-bond acceptors (Lipinski definition) is 7. The molecule has 4 heterocycles. The maximum atomic E-state index is 6.15. The van der Waals surface area contributed by atoms with Crippen LogP contribution in [0.4, 0.5) is 10.8 Å². The molecule has 0 bridgehead atoms. The third-order valence-electron chi connectivity index (χ3n) is 5.86. The maximum Gasteiger partial charge on any atom is 0.187 e. The minimum absolute atomic E-state index is 0.0583. The number of rotatable bonds is 5. The molecule has 0 aliphatic carbocycles. The number of thiazole rings is 1. The van der Waals surface area contributed by atoms with Crippen molar-refractivity contribution in [3.8, 4) is 0 Å². The first-order valence-electron chi connectivity index (χ1n) is 10.9. The highest BCUT2D eigenvalue weighted by atomic mass is 32.1. The van der Waals surface area contributed by atoms with E-state index < -0.39 is 0 Å². The molecule has 0 saturated carbocycles. The Morgan fingerprint density at radius 1 is 1.12 bits per heavy atom. The highest BCUT2D eigenvalue weighted by Crippen LogP contribution is 2.29. The number of nitrogens with one attached hydrogen (secondary N) is 1. The lowest BCUT2D eigenvalue weighted by atomic mass is 10.1. The SMILES string of the molecule is Cc1cc(Nc2nc(C)c(C)s2)cc([C@@H]2CN(Cc3cccc4ncccc34)CCO2)n1. The summed E-state index contributed by atoms with van der Waals surface area (Å²) in [5.41, 5.74) is 6.34. The lowest BCUT2D eigenvalue weighted by Gasteiger charge is -2.33. The Kier molecular flexibility index (Phi) is 5.87. The van der Waals surface area contributed by atoms with E-state index in [0.717, 1.165) is 53.1 Å². The Morgan fingerprint density at radius 2 is 2.03 bits per heavy atom. The lowest BCUT2D eigenvalue weighted by molar-refractivity contribution is -0.0349. The van der Waals surface area contributed by atoms with Gasteiger partial charge in [0.2, 0.25) is 0 Å². The first kappa shape index (κ1) is 21.0. The zero-order valence-corrected chi connectivity index (χ0v) is 19.4. The Labute approximate surface area is 192 Å². The van der Waals surface area contributed by atoms with Crippen LogP contribution in [-0.4, -0.2) is 39.5 Å². The molecule has 1 fully saturated rings. The van der Waals surface area contributed by atoms with Crippen molar-refractivity contribution in [3.05, 3.63) is 76.2 Å². The topological polar surface area (TPSA) is 63.2 Å². The van der Waals surface area contributed by atoms with Crippen LogP contribution in [0, 0.1) is 20.8 Å². The van der Waals surface area contributed by atoms with Gasteiger partial charge in [-0.05, 0) is 50.6 Å². The third kappa shape index (κ3) is 4.50. The molecule has 1 aromatic carbocycles. The summed E-state index contributed by atoms with van der Waals surface area (Å²) in [7, 11) is 0. The first-order valence-corrected chi connectivity index (χ1v) is 11.7. The summed E-state index contributed by atoms with van der Waals surface area (Å²) in [5.74, 6) is 0. The molecule has 32 heavy (non-hydrogen) atoms. The number of nitrogens with zero attached hydrogens (tertiary/aromatic N) is 4. The smallest absolute Gasteiger partial charge is 0.187 e. The number of aryl methyl sites for hydroxylation is 3. The van der Waals surface area contributed by atoms with Crippen LogP contribution in [0.3, 0.4) is 0 Å². The molecule has 0 radical (unpaired) electrons. The van der Waals surface area contributed by atoms with E-state index in [2.05, 4.69) is 63.5 Å². The van der Waals surface area contributed by atoms with Crippen LogP contribution < -0.4 is 5.32 Å². The second kappa shape index (κ2) is 8.94. The van der Waals surface area contributed by atoms with Gasteiger partial charge in [0.25, 0.3) is 0 Å². The van der Waals surface area contributed by atoms with Crippen molar-refractivity contribution >= 4 is 33.1 Å². The summed E-state index contributed by atoms with van der Waals surface area (Å²) in [6, 6.07) is 14.7. The van der Waals surface area contributed by atoms with E-state index in [0.29, 0.717) is 6.61 Å². The zero-order valence-electron chi connectivity index (χ0n) is 18.6. The molecule has 7 heteroatoms. The molecule has 3 aromatic heterocycles. The van der Waals surface area contributed by atoms with Gasteiger partial charge in [-0.3, -0.25) is 14.9 Å². The molecular weight excluding hydrogens is 418 g/mol. The number of anilines is 2.